The molecule has 2 heteroatoms. The number of hydrogen-bond acceptors (Lipinski definition) is 2. The van der Waals surface area contributed by atoms with Crippen molar-refractivity contribution in [2.45, 2.75) is 32.4 Å². The van der Waals surface area contributed by atoms with Crippen LogP contribution in [0, 0.1) is 12.8 Å². The van der Waals surface area contributed by atoms with Crippen molar-refractivity contribution in [2.24, 2.45) is 11.7 Å². The van der Waals surface area contributed by atoms with E-state index in [4.69, 9.17) is 5.73 Å². The Balaban J connectivity index is 2.01. The summed E-state index contributed by atoms with van der Waals surface area (Å²) in [5.74, 6) is 0.216. The molecular weight excluding hydrogens is 246 g/mol. The lowest BCUT2D eigenvalue weighted by atomic mass is 9.88. The van der Waals surface area contributed by atoms with E-state index in [0.717, 1.165) is 12.0 Å². The van der Waals surface area contributed by atoms with Crippen LogP contribution < -0.4 is 5.73 Å². The van der Waals surface area contributed by atoms with Crippen LogP contribution >= 0.6 is 0 Å². The van der Waals surface area contributed by atoms with Crippen LogP contribution in [0.2, 0.25) is 0 Å². The van der Waals surface area contributed by atoms with Crippen LogP contribution in [0.25, 0.3) is 0 Å². The van der Waals surface area contributed by atoms with Gasteiger partial charge in [0.05, 0.1) is 6.10 Å². The molecule has 0 spiro atoms. The van der Waals surface area contributed by atoms with Crippen LogP contribution in [0.1, 0.15) is 29.7 Å². The Hall–Kier alpha value is -1.64. The fourth-order valence-corrected chi connectivity index (χ4v) is 2.42. The molecule has 2 aromatic rings. The zero-order valence-corrected chi connectivity index (χ0v) is 12.2. The van der Waals surface area contributed by atoms with Gasteiger partial charge in [-0.25, -0.2) is 0 Å². The molecule has 0 heterocycles. The van der Waals surface area contributed by atoms with Gasteiger partial charge in [-0.3, -0.25) is 0 Å². The molecule has 20 heavy (non-hydrogen) atoms. The van der Waals surface area contributed by atoms with Gasteiger partial charge in [-0.05, 0) is 30.4 Å². The lowest BCUT2D eigenvalue weighted by Gasteiger charge is -2.25. The number of benzene rings is 2. The summed E-state index contributed by atoms with van der Waals surface area (Å²) in [6, 6.07) is 17.9. The second-order valence-electron chi connectivity index (χ2n) is 5.60. The highest BCUT2D eigenvalue weighted by Crippen LogP contribution is 2.22. The van der Waals surface area contributed by atoms with Gasteiger partial charge in [0, 0.05) is 6.04 Å². The topological polar surface area (TPSA) is 46.2 Å². The van der Waals surface area contributed by atoms with E-state index in [-0.39, 0.29) is 12.0 Å². The summed E-state index contributed by atoms with van der Waals surface area (Å²) in [5.41, 5.74) is 9.63. The molecule has 3 unspecified atom stereocenters. The Bertz CT molecular complexity index is 521. The van der Waals surface area contributed by atoms with Gasteiger partial charge in [0.15, 0.2) is 0 Å². The number of hydrogen-bond donors (Lipinski definition) is 2. The van der Waals surface area contributed by atoms with Gasteiger partial charge in [0.25, 0.3) is 0 Å². The third-order valence-electron chi connectivity index (χ3n) is 3.84. The first-order valence-corrected chi connectivity index (χ1v) is 7.12. The molecule has 3 N–H and O–H groups in total. The third kappa shape index (κ3) is 3.69. The number of nitrogens with two attached hydrogens (primary N) is 1. The minimum Gasteiger partial charge on any atom is -0.387 e. The average molecular weight is 269 g/mol. The second kappa shape index (κ2) is 6.69. The highest BCUT2D eigenvalue weighted by atomic mass is 16.3. The molecule has 3 atom stereocenters. The minimum atomic E-state index is -0.614. The molecule has 2 rings (SSSR count). The molecule has 2 nitrogen and oxygen atoms in total. The number of aliphatic hydroxyl groups is 1. The molecule has 0 saturated heterocycles. The highest BCUT2D eigenvalue weighted by Gasteiger charge is 2.22. The average Bonchev–Trinajstić information content (AvgIpc) is 2.49. The zero-order chi connectivity index (χ0) is 14.5. The first-order chi connectivity index (χ1) is 9.58. The first kappa shape index (κ1) is 14.8. The molecule has 0 aliphatic carbocycles. The molecule has 0 aliphatic heterocycles. The highest BCUT2D eigenvalue weighted by molar-refractivity contribution is 5.23. The maximum atomic E-state index is 10.4. The monoisotopic (exact) mass is 269 g/mol. The molecule has 0 bridgehead atoms. The third-order valence-corrected chi connectivity index (χ3v) is 3.84. The van der Waals surface area contributed by atoms with Crippen molar-refractivity contribution < 1.29 is 5.11 Å². The van der Waals surface area contributed by atoms with Crippen LogP contribution in [-0.2, 0) is 6.42 Å². The van der Waals surface area contributed by atoms with Gasteiger partial charge in [-0.2, -0.15) is 0 Å². The van der Waals surface area contributed by atoms with Crippen LogP contribution in [0.15, 0.2) is 54.6 Å². The van der Waals surface area contributed by atoms with E-state index in [1.165, 1.54) is 11.1 Å². The molecule has 0 amide bonds. The molecule has 106 valence electrons. The molecule has 2 aromatic carbocycles. The van der Waals surface area contributed by atoms with Crippen molar-refractivity contribution in [2.75, 3.05) is 0 Å². The summed E-state index contributed by atoms with van der Waals surface area (Å²) < 4.78 is 0. The van der Waals surface area contributed by atoms with E-state index < -0.39 is 6.10 Å². The number of aliphatic hydroxyl groups excluding tert-OH is 1. The summed E-state index contributed by atoms with van der Waals surface area (Å²) in [6.07, 6.45) is 0.266. The van der Waals surface area contributed by atoms with Gasteiger partial charge in [0.2, 0.25) is 0 Å². The zero-order valence-electron chi connectivity index (χ0n) is 12.2. The Morgan fingerprint density at radius 3 is 2.20 bits per heavy atom. The first-order valence-electron chi connectivity index (χ1n) is 7.12. The molecule has 0 aromatic heterocycles. The predicted molar refractivity (Wildman–Crippen MR) is 83.4 cm³/mol. The van der Waals surface area contributed by atoms with E-state index in [1.807, 2.05) is 30.3 Å². The van der Waals surface area contributed by atoms with Gasteiger partial charge < -0.3 is 10.8 Å². The van der Waals surface area contributed by atoms with Crippen LogP contribution in [0.5, 0.6) is 0 Å². The standard InChI is InChI=1S/C18H23NO/c1-13-8-10-15(11-9-13)12-14(2)17(19)18(20)16-6-4-3-5-7-16/h3-11,14,17-18,20H,12,19H2,1-2H3. The smallest absolute Gasteiger partial charge is 0.0943 e. The van der Waals surface area contributed by atoms with E-state index in [2.05, 4.69) is 38.1 Å². The lowest BCUT2D eigenvalue weighted by molar-refractivity contribution is 0.121. The molecule has 0 radical (unpaired) electrons. The fourth-order valence-electron chi connectivity index (χ4n) is 2.42. The van der Waals surface area contributed by atoms with Crippen molar-refractivity contribution >= 4 is 0 Å². The predicted octanol–water partition coefficient (Wildman–Crippen LogP) is 3.23. The van der Waals surface area contributed by atoms with Crippen LogP contribution in [0.4, 0.5) is 0 Å². The second-order valence-corrected chi connectivity index (χ2v) is 5.60. The Morgan fingerprint density at radius 1 is 1.00 bits per heavy atom. The van der Waals surface area contributed by atoms with Crippen molar-refractivity contribution in [3.8, 4) is 0 Å². The van der Waals surface area contributed by atoms with Crippen molar-refractivity contribution in [1.29, 1.82) is 0 Å². The minimum absolute atomic E-state index is 0.216. The van der Waals surface area contributed by atoms with Gasteiger partial charge >= 0.3 is 0 Å². The van der Waals surface area contributed by atoms with E-state index >= 15 is 0 Å². The fraction of sp³-hybridized carbons (Fsp3) is 0.333. The SMILES string of the molecule is Cc1ccc(CC(C)C(N)C(O)c2ccccc2)cc1. The Labute approximate surface area is 121 Å². The summed E-state index contributed by atoms with van der Waals surface area (Å²) >= 11 is 0. The van der Waals surface area contributed by atoms with E-state index in [1.54, 1.807) is 0 Å². The lowest BCUT2D eigenvalue weighted by Crippen LogP contribution is -2.36. The van der Waals surface area contributed by atoms with Crippen molar-refractivity contribution in [1.82, 2.24) is 0 Å². The van der Waals surface area contributed by atoms with E-state index in [0.29, 0.717) is 0 Å². The normalized spacial score (nSPS) is 15.6. The molecule has 0 saturated carbocycles. The Kier molecular flexibility index (Phi) is 4.94. The summed E-state index contributed by atoms with van der Waals surface area (Å²) in [5, 5.41) is 10.4. The number of aryl methyl sites for hydroxylation is 1. The summed E-state index contributed by atoms with van der Waals surface area (Å²) in [6.45, 7) is 4.18. The summed E-state index contributed by atoms with van der Waals surface area (Å²) in [7, 11) is 0. The maximum absolute atomic E-state index is 10.4. The van der Waals surface area contributed by atoms with Gasteiger partial charge in [0.1, 0.15) is 0 Å². The van der Waals surface area contributed by atoms with Crippen molar-refractivity contribution in [3.05, 3.63) is 71.3 Å². The molecule has 0 aliphatic rings. The van der Waals surface area contributed by atoms with Gasteiger partial charge in [-0.15, -0.1) is 0 Å². The van der Waals surface area contributed by atoms with Crippen molar-refractivity contribution in [3.63, 3.8) is 0 Å². The molecular formula is C18H23NO. The quantitative estimate of drug-likeness (QED) is 0.875. The van der Waals surface area contributed by atoms with Crippen LogP contribution in [-0.4, -0.2) is 11.1 Å². The maximum Gasteiger partial charge on any atom is 0.0943 e. The largest absolute Gasteiger partial charge is 0.387 e. The summed E-state index contributed by atoms with van der Waals surface area (Å²) in [4.78, 5) is 0. The van der Waals surface area contributed by atoms with E-state index in [9.17, 15) is 5.11 Å². The van der Waals surface area contributed by atoms with Crippen LogP contribution in [0.3, 0.4) is 0 Å². The van der Waals surface area contributed by atoms with Gasteiger partial charge in [-0.1, -0.05) is 67.1 Å². The Morgan fingerprint density at radius 2 is 1.60 bits per heavy atom. The molecule has 0 fully saturated rings. The number of rotatable bonds is 5.